The summed E-state index contributed by atoms with van der Waals surface area (Å²) in [5.74, 6) is -2.05. The van der Waals surface area contributed by atoms with Crippen LogP contribution in [0.3, 0.4) is 0 Å². The van der Waals surface area contributed by atoms with Gasteiger partial charge < -0.3 is 21.7 Å². The third-order valence-corrected chi connectivity index (χ3v) is 2.47. The second-order valence-electron chi connectivity index (χ2n) is 4.05. The van der Waals surface area contributed by atoms with E-state index in [4.69, 9.17) is 21.7 Å². The first-order valence-electron chi connectivity index (χ1n) is 6.26. The van der Waals surface area contributed by atoms with E-state index in [9.17, 15) is 9.59 Å². The van der Waals surface area contributed by atoms with E-state index in [-0.39, 0.29) is 24.5 Å². The van der Waals surface area contributed by atoms with Gasteiger partial charge in [-0.1, -0.05) is 12.1 Å². The molecule has 0 saturated carbocycles. The van der Waals surface area contributed by atoms with Crippen molar-refractivity contribution >= 4 is 11.9 Å². The van der Waals surface area contributed by atoms with Crippen LogP contribution in [0, 0.1) is 0 Å². The van der Waals surface area contributed by atoms with Gasteiger partial charge in [0.1, 0.15) is 11.4 Å². The van der Waals surface area contributed by atoms with E-state index >= 15 is 0 Å². The van der Waals surface area contributed by atoms with Crippen LogP contribution in [-0.4, -0.2) is 32.1 Å². The molecule has 8 nitrogen and oxygen atoms in total. The average Bonchev–Trinajstić information content (AvgIpc) is 2.55. The van der Waals surface area contributed by atoms with Gasteiger partial charge in [0.05, 0.1) is 11.4 Å². The summed E-state index contributed by atoms with van der Waals surface area (Å²) >= 11 is 0. The molecule has 0 bridgehead atoms. The molecular weight excluding hydrogens is 288 g/mol. The summed E-state index contributed by atoms with van der Waals surface area (Å²) in [7, 11) is 0. The maximum atomic E-state index is 10.4. The van der Waals surface area contributed by atoms with E-state index in [1.54, 1.807) is 24.3 Å². The van der Waals surface area contributed by atoms with Crippen molar-refractivity contribution in [1.29, 1.82) is 0 Å². The van der Waals surface area contributed by atoms with Crippen molar-refractivity contribution in [3.05, 3.63) is 59.2 Å². The van der Waals surface area contributed by atoms with Crippen LogP contribution < -0.4 is 11.5 Å². The van der Waals surface area contributed by atoms with Crippen molar-refractivity contribution in [3.8, 4) is 0 Å². The van der Waals surface area contributed by atoms with Gasteiger partial charge in [0.15, 0.2) is 0 Å². The number of hydrogen-bond donors (Lipinski definition) is 4. The fraction of sp³-hybridized carbons (Fsp3) is 0.143. The molecule has 0 unspecified atom stereocenters. The Morgan fingerprint density at radius 2 is 1.18 bits per heavy atom. The van der Waals surface area contributed by atoms with Gasteiger partial charge in [-0.05, 0) is 24.3 Å². The van der Waals surface area contributed by atoms with Crippen LogP contribution >= 0.6 is 0 Å². The minimum Gasteiger partial charge on any atom is -0.477 e. The second kappa shape index (κ2) is 8.45. The number of nitrogens with zero attached hydrogens (tertiary/aromatic N) is 2. The maximum absolute atomic E-state index is 10.4. The molecule has 22 heavy (non-hydrogen) atoms. The minimum absolute atomic E-state index is 0.0351. The molecule has 0 saturated heterocycles. The minimum atomic E-state index is -1.03. The molecule has 0 spiro atoms. The van der Waals surface area contributed by atoms with Crippen LogP contribution in [0.4, 0.5) is 0 Å². The summed E-state index contributed by atoms with van der Waals surface area (Å²) in [5.41, 5.74) is 11.8. The van der Waals surface area contributed by atoms with Crippen LogP contribution in [0.1, 0.15) is 32.4 Å². The van der Waals surface area contributed by atoms with Crippen molar-refractivity contribution < 1.29 is 19.8 Å². The van der Waals surface area contributed by atoms with Crippen LogP contribution in [0.15, 0.2) is 36.4 Å². The number of nitrogens with two attached hydrogens (primary N) is 2. The first-order chi connectivity index (χ1) is 10.5. The van der Waals surface area contributed by atoms with Crippen LogP contribution in [0.25, 0.3) is 0 Å². The van der Waals surface area contributed by atoms with Crippen molar-refractivity contribution in [2.45, 2.75) is 13.1 Å². The molecule has 0 aliphatic carbocycles. The molecule has 6 N–H and O–H groups in total. The SMILES string of the molecule is NCc1cccc(C(=O)O)n1.NCc1cccc(C(=O)O)n1. The number of carboxylic acids is 2. The highest BCUT2D eigenvalue weighted by molar-refractivity contribution is 5.85. The Hall–Kier alpha value is -2.84. The average molecular weight is 304 g/mol. The highest BCUT2D eigenvalue weighted by Crippen LogP contribution is 1.98. The highest BCUT2D eigenvalue weighted by Gasteiger charge is 2.03. The highest BCUT2D eigenvalue weighted by atomic mass is 16.4. The third-order valence-electron chi connectivity index (χ3n) is 2.47. The van der Waals surface area contributed by atoms with Gasteiger partial charge in [-0.2, -0.15) is 0 Å². The molecule has 0 fully saturated rings. The van der Waals surface area contributed by atoms with E-state index in [2.05, 4.69) is 9.97 Å². The lowest BCUT2D eigenvalue weighted by molar-refractivity contribution is 0.0679. The summed E-state index contributed by atoms with van der Waals surface area (Å²) in [5, 5.41) is 17.0. The zero-order chi connectivity index (χ0) is 16.5. The first kappa shape index (κ1) is 17.2. The summed E-state index contributed by atoms with van der Waals surface area (Å²) < 4.78 is 0. The molecule has 2 aromatic rings. The van der Waals surface area contributed by atoms with E-state index < -0.39 is 11.9 Å². The van der Waals surface area contributed by atoms with Gasteiger partial charge in [0.25, 0.3) is 0 Å². The molecule has 2 rings (SSSR count). The molecule has 0 aliphatic rings. The molecule has 0 aromatic carbocycles. The Kier molecular flexibility index (Phi) is 6.61. The number of pyridine rings is 2. The topological polar surface area (TPSA) is 152 Å². The van der Waals surface area contributed by atoms with Crippen LogP contribution in [0.5, 0.6) is 0 Å². The second-order valence-corrected chi connectivity index (χ2v) is 4.05. The largest absolute Gasteiger partial charge is 0.477 e. The zero-order valence-corrected chi connectivity index (χ0v) is 11.6. The Morgan fingerprint density at radius 1 is 0.818 bits per heavy atom. The van der Waals surface area contributed by atoms with Crippen LogP contribution in [0.2, 0.25) is 0 Å². The van der Waals surface area contributed by atoms with Gasteiger partial charge in [0.2, 0.25) is 0 Å². The monoisotopic (exact) mass is 304 g/mol. The first-order valence-corrected chi connectivity index (χ1v) is 6.26. The summed E-state index contributed by atoms with van der Waals surface area (Å²) in [4.78, 5) is 28.3. The number of hydrogen-bond acceptors (Lipinski definition) is 6. The van der Waals surface area contributed by atoms with Crippen molar-refractivity contribution in [2.24, 2.45) is 11.5 Å². The number of carbonyl (C=O) groups is 2. The lowest BCUT2D eigenvalue weighted by Crippen LogP contribution is -2.05. The predicted molar refractivity (Wildman–Crippen MR) is 78.2 cm³/mol. The predicted octanol–water partition coefficient (Wildman–Crippen LogP) is 0.477. The smallest absolute Gasteiger partial charge is 0.354 e. The summed E-state index contributed by atoms with van der Waals surface area (Å²) in [6, 6.07) is 9.49. The summed E-state index contributed by atoms with van der Waals surface area (Å²) in [6.07, 6.45) is 0. The standard InChI is InChI=1S/2C7H8N2O2/c2*8-4-5-2-1-3-6(9-5)7(10)11/h2*1-3H,4,8H2,(H,10,11). The quantitative estimate of drug-likeness (QED) is 0.636. The molecule has 0 aliphatic heterocycles. The Balaban J connectivity index is 0.000000220. The third kappa shape index (κ3) is 5.27. The lowest BCUT2D eigenvalue weighted by Gasteiger charge is -1.96. The number of aromatic carboxylic acids is 2. The molecule has 8 heteroatoms. The van der Waals surface area contributed by atoms with Crippen molar-refractivity contribution in [1.82, 2.24) is 9.97 Å². The molecular formula is C14H16N4O4. The number of aromatic nitrogens is 2. The van der Waals surface area contributed by atoms with Gasteiger partial charge in [0, 0.05) is 13.1 Å². The maximum Gasteiger partial charge on any atom is 0.354 e. The zero-order valence-electron chi connectivity index (χ0n) is 11.6. The fourth-order valence-corrected chi connectivity index (χ4v) is 1.42. The number of rotatable bonds is 4. The lowest BCUT2D eigenvalue weighted by atomic mass is 10.3. The Bertz CT molecular complexity index is 603. The molecule has 0 radical (unpaired) electrons. The van der Waals surface area contributed by atoms with Gasteiger partial charge >= 0.3 is 11.9 Å². The van der Waals surface area contributed by atoms with Crippen molar-refractivity contribution in [2.75, 3.05) is 0 Å². The molecule has 2 heterocycles. The van der Waals surface area contributed by atoms with Crippen molar-refractivity contribution in [3.63, 3.8) is 0 Å². The number of carboxylic acid groups (broad SMARTS) is 2. The van der Waals surface area contributed by atoms with E-state index in [0.29, 0.717) is 11.4 Å². The van der Waals surface area contributed by atoms with Gasteiger partial charge in [-0.3, -0.25) is 0 Å². The van der Waals surface area contributed by atoms with Gasteiger partial charge in [-0.25, -0.2) is 19.6 Å². The van der Waals surface area contributed by atoms with E-state index in [1.165, 1.54) is 12.1 Å². The Morgan fingerprint density at radius 3 is 1.45 bits per heavy atom. The molecule has 0 atom stereocenters. The molecule has 0 amide bonds. The normalized spacial score (nSPS) is 9.55. The molecule has 116 valence electrons. The van der Waals surface area contributed by atoms with Gasteiger partial charge in [-0.15, -0.1) is 0 Å². The fourth-order valence-electron chi connectivity index (χ4n) is 1.42. The van der Waals surface area contributed by atoms with E-state index in [1.807, 2.05) is 0 Å². The molecule has 2 aromatic heterocycles. The van der Waals surface area contributed by atoms with Crippen LogP contribution in [-0.2, 0) is 13.1 Å². The Labute approximate surface area is 126 Å². The summed E-state index contributed by atoms with van der Waals surface area (Å²) in [6.45, 7) is 0.530. The van der Waals surface area contributed by atoms with E-state index in [0.717, 1.165) is 0 Å².